The molecule has 0 fully saturated rings. The van der Waals surface area contributed by atoms with E-state index in [1.165, 1.54) is 225 Å². The summed E-state index contributed by atoms with van der Waals surface area (Å²) in [7, 11) is 0. The van der Waals surface area contributed by atoms with Crippen LogP contribution in [-0.2, 0) is 19.5 Å². The van der Waals surface area contributed by atoms with Crippen LogP contribution in [0.2, 0.25) is 0 Å². The molecule has 0 bridgehead atoms. The van der Waals surface area contributed by atoms with E-state index >= 15 is 0 Å². The van der Waals surface area contributed by atoms with Gasteiger partial charge >= 0.3 is 0 Å². The molecule has 0 amide bonds. The van der Waals surface area contributed by atoms with Crippen LogP contribution in [0.15, 0.2) is 12.4 Å². The average molecular weight is 602 g/mol. The second kappa shape index (κ2) is 32.6. The predicted molar refractivity (Wildman–Crippen MR) is 193 cm³/mol. The summed E-state index contributed by atoms with van der Waals surface area (Å²) in [4.78, 5) is 0. The highest BCUT2D eigenvalue weighted by molar-refractivity contribution is 4.84. The molecule has 1 aromatic rings. The summed E-state index contributed by atoms with van der Waals surface area (Å²) < 4.78 is 5.27. The maximum absolute atomic E-state index is 2.63. The van der Waals surface area contributed by atoms with E-state index in [0.717, 1.165) is 0 Å². The van der Waals surface area contributed by atoms with Gasteiger partial charge in [-0.05, 0) is 32.1 Å². The fourth-order valence-corrected chi connectivity index (χ4v) is 6.86. The summed E-state index contributed by atoms with van der Waals surface area (Å²) in [5.74, 6) is 1.62. The van der Waals surface area contributed by atoms with E-state index < -0.39 is 0 Å². The van der Waals surface area contributed by atoms with Gasteiger partial charge in [-0.25, -0.2) is 9.13 Å². The first-order chi connectivity index (χ1) is 21.3. The molecule has 0 aliphatic rings. The highest BCUT2D eigenvalue weighted by atomic mass is 15.1. The number of hydrogen-bond donors (Lipinski definition) is 0. The van der Waals surface area contributed by atoms with E-state index in [9.17, 15) is 0 Å². The third-order valence-electron chi connectivity index (χ3n) is 9.85. The van der Waals surface area contributed by atoms with Crippen molar-refractivity contribution in [1.82, 2.24) is 4.57 Å². The maximum atomic E-state index is 2.63. The van der Waals surface area contributed by atoms with Gasteiger partial charge < -0.3 is 0 Å². The molecule has 0 saturated carbocycles. The zero-order chi connectivity index (χ0) is 30.9. The van der Waals surface area contributed by atoms with Crippen molar-refractivity contribution in [1.29, 1.82) is 0 Å². The predicted octanol–water partition coefficient (Wildman–Crippen LogP) is 13.9. The number of imidazole rings is 1. The van der Waals surface area contributed by atoms with Gasteiger partial charge in [0.1, 0.15) is 12.4 Å². The van der Waals surface area contributed by atoms with E-state index in [4.69, 9.17) is 0 Å². The second-order valence-corrected chi connectivity index (χ2v) is 14.1. The van der Waals surface area contributed by atoms with Gasteiger partial charge in [0.05, 0.1) is 13.1 Å². The summed E-state index contributed by atoms with van der Waals surface area (Å²) in [5.41, 5.74) is 0. The first kappa shape index (κ1) is 40.2. The van der Waals surface area contributed by atoms with Crippen molar-refractivity contribution in [2.45, 2.75) is 246 Å². The van der Waals surface area contributed by atoms with Crippen molar-refractivity contribution in [3.63, 3.8) is 0 Å². The monoisotopic (exact) mass is 602 g/mol. The molecule has 0 unspecified atom stereocenters. The average Bonchev–Trinajstić information content (AvgIpc) is 3.40. The number of aromatic nitrogens is 2. The van der Waals surface area contributed by atoms with Crippen LogP contribution in [0.5, 0.6) is 0 Å². The standard InChI is InChI=1S/C41H81N2/c1-4-7-10-13-16-18-20-21-22-23-24-26-29-32-35-38-43-40-39-42(41(43)36-33-30-27-15-12-9-6-3)37-34-31-28-25-19-17-14-11-8-5-2/h39-40H,4-38H2,1-3H3/q+1. The molecule has 0 atom stereocenters. The van der Waals surface area contributed by atoms with Gasteiger partial charge in [-0.15, -0.1) is 0 Å². The Labute approximate surface area is 272 Å². The maximum Gasteiger partial charge on any atom is 0.256 e. The quantitative estimate of drug-likeness (QED) is 0.0540. The Morgan fingerprint density at radius 3 is 1.12 bits per heavy atom. The van der Waals surface area contributed by atoms with Crippen LogP contribution in [0.25, 0.3) is 0 Å². The number of hydrogen-bond acceptors (Lipinski definition) is 0. The Balaban J connectivity index is 2.23. The molecule has 0 radical (unpaired) electrons. The van der Waals surface area contributed by atoms with Crippen molar-refractivity contribution >= 4 is 0 Å². The Morgan fingerprint density at radius 1 is 0.395 bits per heavy atom. The molecule has 0 aliphatic carbocycles. The van der Waals surface area contributed by atoms with Crippen molar-refractivity contribution in [3.05, 3.63) is 18.2 Å². The lowest BCUT2D eigenvalue weighted by atomic mass is 10.0. The highest BCUT2D eigenvalue weighted by Crippen LogP contribution is 2.15. The van der Waals surface area contributed by atoms with Crippen LogP contribution in [0.1, 0.15) is 232 Å². The minimum atomic E-state index is 1.23. The summed E-state index contributed by atoms with van der Waals surface area (Å²) >= 11 is 0. The molecule has 0 aromatic carbocycles. The summed E-state index contributed by atoms with van der Waals surface area (Å²) in [6.45, 7) is 9.40. The normalized spacial score (nSPS) is 11.6. The van der Waals surface area contributed by atoms with E-state index in [1.807, 2.05) is 0 Å². The third kappa shape index (κ3) is 25.1. The van der Waals surface area contributed by atoms with Crippen LogP contribution in [0, 0.1) is 0 Å². The smallest absolute Gasteiger partial charge is 0.234 e. The Hall–Kier alpha value is -0.790. The zero-order valence-electron chi connectivity index (χ0n) is 30.3. The molecule has 1 heterocycles. The Bertz CT molecular complexity index is 663. The second-order valence-electron chi connectivity index (χ2n) is 14.1. The van der Waals surface area contributed by atoms with Crippen LogP contribution >= 0.6 is 0 Å². The van der Waals surface area contributed by atoms with Crippen molar-refractivity contribution in [3.8, 4) is 0 Å². The fraction of sp³-hybridized carbons (Fsp3) is 0.927. The van der Waals surface area contributed by atoms with E-state index in [0.29, 0.717) is 0 Å². The first-order valence-corrected chi connectivity index (χ1v) is 20.4. The van der Waals surface area contributed by atoms with Gasteiger partial charge in [0.15, 0.2) is 0 Å². The third-order valence-corrected chi connectivity index (χ3v) is 9.85. The lowest BCUT2D eigenvalue weighted by Gasteiger charge is -2.07. The highest BCUT2D eigenvalue weighted by Gasteiger charge is 2.16. The van der Waals surface area contributed by atoms with Crippen molar-refractivity contribution < 1.29 is 4.57 Å². The summed E-state index contributed by atoms with van der Waals surface area (Å²) in [5, 5.41) is 0. The molecule has 2 nitrogen and oxygen atoms in total. The lowest BCUT2D eigenvalue weighted by Crippen LogP contribution is -2.37. The first-order valence-electron chi connectivity index (χ1n) is 20.4. The van der Waals surface area contributed by atoms with Gasteiger partial charge in [0.2, 0.25) is 0 Å². The molecule has 0 spiro atoms. The van der Waals surface area contributed by atoms with E-state index in [-0.39, 0.29) is 0 Å². The molecule has 0 saturated heterocycles. The molecular weight excluding hydrogens is 520 g/mol. The minimum Gasteiger partial charge on any atom is -0.234 e. The SMILES string of the molecule is CCCCCCCCCCCCCCCCC[n+]1ccn(CCCCCCCCCCCC)c1CCCCCCCCC. The molecule has 1 aromatic heterocycles. The molecule has 2 heteroatoms. The zero-order valence-corrected chi connectivity index (χ0v) is 30.3. The molecular formula is C41H81N2+. The van der Waals surface area contributed by atoms with Gasteiger partial charge in [0.25, 0.3) is 5.82 Å². The Kier molecular flexibility index (Phi) is 30.5. The van der Waals surface area contributed by atoms with Crippen LogP contribution in [0.4, 0.5) is 0 Å². The molecule has 43 heavy (non-hydrogen) atoms. The van der Waals surface area contributed by atoms with E-state index in [2.05, 4.69) is 42.3 Å². The van der Waals surface area contributed by atoms with Gasteiger partial charge in [-0.1, -0.05) is 194 Å². The molecule has 1 rings (SSSR count). The largest absolute Gasteiger partial charge is 0.256 e. The summed E-state index contributed by atoms with van der Waals surface area (Å²) in [6, 6.07) is 0. The van der Waals surface area contributed by atoms with Gasteiger partial charge in [-0.3, -0.25) is 0 Å². The summed E-state index contributed by atoms with van der Waals surface area (Å²) in [6.07, 6.45) is 51.9. The number of rotatable bonds is 35. The van der Waals surface area contributed by atoms with Crippen LogP contribution in [-0.4, -0.2) is 4.57 Å². The van der Waals surface area contributed by atoms with Crippen LogP contribution < -0.4 is 4.57 Å². The fourth-order valence-electron chi connectivity index (χ4n) is 6.86. The topological polar surface area (TPSA) is 8.81 Å². The Morgan fingerprint density at radius 2 is 0.721 bits per heavy atom. The molecule has 0 aliphatic heterocycles. The van der Waals surface area contributed by atoms with Crippen molar-refractivity contribution in [2.24, 2.45) is 0 Å². The minimum absolute atomic E-state index is 1.23. The van der Waals surface area contributed by atoms with Crippen molar-refractivity contribution in [2.75, 3.05) is 0 Å². The van der Waals surface area contributed by atoms with Gasteiger partial charge in [-0.2, -0.15) is 0 Å². The molecule has 254 valence electrons. The number of nitrogens with zero attached hydrogens (tertiary/aromatic N) is 2. The van der Waals surface area contributed by atoms with Gasteiger partial charge in [0, 0.05) is 6.42 Å². The lowest BCUT2D eigenvalue weighted by molar-refractivity contribution is -0.704. The van der Waals surface area contributed by atoms with Crippen LogP contribution in [0.3, 0.4) is 0 Å². The van der Waals surface area contributed by atoms with E-state index in [1.54, 1.807) is 5.82 Å². The molecule has 0 N–H and O–H groups in total. The number of unbranched alkanes of at least 4 members (excludes halogenated alkanes) is 29. The number of aryl methyl sites for hydroxylation is 2.